The Morgan fingerprint density at radius 1 is 1.26 bits per heavy atom. The van der Waals surface area contributed by atoms with Crippen molar-refractivity contribution in [1.29, 1.82) is 0 Å². The SMILES string of the molecule is CNc1nc(Nc2ccc(CNC(=O)OC(C)(C)C)cc2)ncc1[N+](=O)[O-]. The lowest BCUT2D eigenvalue weighted by Gasteiger charge is -2.19. The molecule has 0 saturated carbocycles. The molecule has 3 N–H and O–H groups in total. The van der Waals surface area contributed by atoms with Gasteiger partial charge in [0.2, 0.25) is 11.8 Å². The van der Waals surface area contributed by atoms with Gasteiger partial charge in [0.15, 0.2) is 0 Å². The van der Waals surface area contributed by atoms with Crippen molar-refractivity contribution in [2.24, 2.45) is 0 Å². The number of rotatable bonds is 6. The van der Waals surface area contributed by atoms with Crippen molar-refractivity contribution in [2.75, 3.05) is 17.7 Å². The van der Waals surface area contributed by atoms with Crippen LogP contribution in [0.5, 0.6) is 0 Å². The van der Waals surface area contributed by atoms with Gasteiger partial charge in [-0.15, -0.1) is 0 Å². The quantitative estimate of drug-likeness (QED) is 0.519. The molecule has 10 heteroatoms. The number of ether oxygens (including phenoxy) is 1. The first kappa shape index (κ1) is 19.9. The third kappa shape index (κ3) is 6.10. The number of carbonyl (C=O) groups excluding carboxylic acids is 1. The van der Waals surface area contributed by atoms with Crippen molar-refractivity contribution in [3.63, 3.8) is 0 Å². The monoisotopic (exact) mass is 374 g/mol. The number of anilines is 3. The van der Waals surface area contributed by atoms with Gasteiger partial charge in [0.1, 0.15) is 11.8 Å². The molecule has 144 valence electrons. The van der Waals surface area contributed by atoms with Crippen LogP contribution in [-0.4, -0.2) is 33.6 Å². The minimum absolute atomic E-state index is 0.121. The van der Waals surface area contributed by atoms with Gasteiger partial charge in [0, 0.05) is 19.3 Å². The summed E-state index contributed by atoms with van der Waals surface area (Å²) < 4.78 is 5.18. The Balaban J connectivity index is 1.98. The van der Waals surface area contributed by atoms with Crippen LogP contribution in [0.15, 0.2) is 30.5 Å². The van der Waals surface area contributed by atoms with E-state index in [1.807, 2.05) is 12.1 Å². The molecule has 0 aliphatic heterocycles. The van der Waals surface area contributed by atoms with Gasteiger partial charge >= 0.3 is 11.8 Å². The highest BCUT2D eigenvalue weighted by Gasteiger charge is 2.17. The van der Waals surface area contributed by atoms with E-state index in [2.05, 4.69) is 25.9 Å². The molecule has 0 aliphatic rings. The van der Waals surface area contributed by atoms with E-state index in [1.165, 1.54) is 0 Å². The number of amides is 1. The number of nitro groups is 1. The molecule has 2 aromatic rings. The van der Waals surface area contributed by atoms with E-state index in [0.29, 0.717) is 12.2 Å². The van der Waals surface area contributed by atoms with Crippen molar-refractivity contribution in [2.45, 2.75) is 32.9 Å². The van der Waals surface area contributed by atoms with Crippen LogP contribution < -0.4 is 16.0 Å². The van der Waals surface area contributed by atoms with Crippen LogP contribution in [0.2, 0.25) is 0 Å². The number of nitrogens with zero attached hydrogens (tertiary/aromatic N) is 3. The van der Waals surface area contributed by atoms with E-state index in [9.17, 15) is 14.9 Å². The molecule has 0 bridgehead atoms. The summed E-state index contributed by atoms with van der Waals surface area (Å²) in [5.74, 6) is 0.347. The van der Waals surface area contributed by atoms with Crippen molar-refractivity contribution >= 4 is 29.2 Å². The molecule has 0 fully saturated rings. The highest BCUT2D eigenvalue weighted by molar-refractivity contribution is 5.67. The minimum atomic E-state index is -0.553. The van der Waals surface area contributed by atoms with Gasteiger partial charge in [-0.1, -0.05) is 12.1 Å². The molecule has 0 spiro atoms. The molecular weight excluding hydrogens is 352 g/mol. The third-order valence-electron chi connectivity index (χ3n) is 3.25. The number of carbonyl (C=O) groups is 1. The summed E-state index contributed by atoms with van der Waals surface area (Å²) in [5.41, 5.74) is 0.833. The van der Waals surface area contributed by atoms with Gasteiger partial charge in [-0.05, 0) is 38.5 Å². The molecule has 1 aromatic heterocycles. The summed E-state index contributed by atoms with van der Waals surface area (Å²) in [5, 5.41) is 19.2. The van der Waals surface area contributed by atoms with Crippen LogP contribution in [-0.2, 0) is 11.3 Å². The summed E-state index contributed by atoms with van der Waals surface area (Å²) in [4.78, 5) is 30.0. The molecular formula is C17H22N6O4. The lowest BCUT2D eigenvalue weighted by molar-refractivity contribution is -0.384. The van der Waals surface area contributed by atoms with E-state index in [-0.39, 0.29) is 17.5 Å². The maximum Gasteiger partial charge on any atom is 0.407 e. The number of benzene rings is 1. The molecule has 0 atom stereocenters. The first-order valence-corrected chi connectivity index (χ1v) is 8.20. The highest BCUT2D eigenvalue weighted by Crippen LogP contribution is 2.23. The van der Waals surface area contributed by atoms with Crippen molar-refractivity contribution < 1.29 is 14.5 Å². The molecule has 1 heterocycles. The second kappa shape index (κ2) is 8.30. The van der Waals surface area contributed by atoms with Crippen LogP contribution in [0.1, 0.15) is 26.3 Å². The van der Waals surface area contributed by atoms with Crippen LogP contribution >= 0.6 is 0 Å². The van der Waals surface area contributed by atoms with Crippen LogP contribution in [0.3, 0.4) is 0 Å². The minimum Gasteiger partial charge on any atom is -0.444 e. The lowest BCUT2D eigenvalue weighted by Crippen LogP contribution is -2.32. The predicted octanol–water partition coefficient (Wildman–Crippen LogP) is 3.19. The molecule has 0 radical (unpaired) electrons. The van der Waals surface area contributed by atoms with Crippen LogP contribution in [0.25, 0.3) is 0 Å². The first-order chi connectivity index (χ1) is 12.7. The Bertz CT molecular complexity index is 817. The van der Waals surface area contributed by atoms with Gasteiger partial charge in [-0.3, -0.25) is 10.1 Å². The van der Waals surface area contributed by atoms with Gasteiger partial charge in [0.05, 0.1) is 4.92 Å². The fourth-order valence-electron chi connectivity index (χ4n) is 2.08. The summed E-state index contributed by atoms with van der Waals surface area (Å²) in [6, 6.07) is 7.22. The average molecular weight is 374 g/mol. The standard InChI is InChI=1S/C17H22N6O4/c1-17(2,3)27-16(24)20-9-11-5-7-12(8-6-11)21-15-19-10-13(23(25)26)14(18-4)22-15/h5-8,10H,9H2,1-4H3,(H,20,24)(H2,18,19,21,22). The van der Waals surface area contributed by atoms with E-state index < -0.39 is 16.6 Å². The smallest absolute Gasteiger partial charge is 0.407 e. The van der Waals surface area contributed by atoms with E-state index >= 15 is 0 Å². The average Bonchev–Trinajstić information content (AvgIpc) is 2.59. The summed E-state index contributed by atoms with van der Waals surface area (Å²) in [6.07, 6.45) is 0.656. The Morgan fingerprint density at radius 3 is 2.48 bits per heavy atom. The van der Waals surface area contributed by atoms with Crippen LogP contribution in [0, 0.1) is 10.1 Å². The second-order valence-corrected chi connectivity index (χ2v) is 6.61. The molecule has 10 nitrogen and oxygen atoms in total. The lowest BCUT2D eigenvalue weighted by atomic mass is 10.2. The number of aromatic nitrogens is 2. The maximum atomic E-state index is 11.7. The zero-order chi connectivity index (χ0) is 20.0. The fourth-order valence-corrected chi connectivity index (χ4v) is 2.08. The number of nitrogens with one attached hydrogen (secondary N) is 3. The molecule has 0 unspecified atom stereocenters. The molecule has 0 saturated heterocycles. The predicted molar refractivity (Wildman–Crippen MR) is 101 cm³/mol. The topological polar surface area (TPSA) is 131 Å². The Morgan fingerprint density at radius 2 is 1.93 bits per heavy atom. The van der Waals surface area contributed by atoms with Crippen molar-refractivity contribution in [1.82, 2.24) is 15.3 Å². The van der Waals surface area contributed by atoms with Crippen molar-refractivity contribution in [3.8, 4) is 0 Å². The summed E-state index contributed by atoms with van der Waals surface area (Å²) in [7, 11) is 1.55. The normalized spacial score (nSPS) is 10.8. The van der Waals surface area contributed by atoms with Gasteiger partial charge in [-0.2, -0.15) is 4.98 Å². The first-order valence-electron chi connectivity index (χ1n) is 8.20. The largest absolute Gasteiger partial charge is 0.444 e. The van der Waals surface area contributed by atoms with E-state index in [4.69, 9.17) is 4.74 Å². The van der Waals surface area contributed by atoms with Gasteiger partial charge in [-0.25, -0.2) is 9.78 Å². The third-order valence-corrected chi connectivity index (χ3v) is 3.25. The van der Waals surface area contributed by atoms with Gasteiger partial charge in [0.25, 0.3) is 0 Å². The Hall–Kier alpha value is -3.43. The van der Waals surface area contributed by atoms with Gasteiger partial charge < -0.3 is 20.7 Å². The van der Waals surface area contributed by atoms with Crippen molar-refractivity contribution in [3.05, 3.63) is 46.1 Å². The molecule has 2 rings (SSSR count). The van der Waals surface area contributed by atoms with E-state index in [0.717, 1.165) is 11.8 Å². The molecule has 27 heavy (non-hydrogen) atoms. The van der Waals surface area contributed by atoms with Crippen LogP contribution in [0.4, 0.5) is 27.9 Å². The zero-order valence-electron chi connectivity index (χ0n) is 15.6. The number of hydrogen-bond donors (Lipinski definition) is 3. The second-order valence-electron chi connectivity index (χ2n) is 6.61. The number of alkyl carbamates (subject to hydrolysis) is 1. The highest BCUT2D eigenvalue weighted by atomic mass is 16.6. The Labute approximate surface area is 156 Å². The fraction of sp³-hybridized carbons (Fsp3) is 0.353. The molecule has 1 aromatic carbocycles. The summed E-state index contributed by atoms with van der Waals surface area (Å²) >= 11 is 0. The molecule has 0 aliphatic carbocycles. The Kier molecular flexibility index (Phi) is 6.11. The number of hydrogen-bond acceptors (Lipinski definition) is 8. The zero-order valence-corrected chi connectivity index (χ0v) is 15.6. The molecule has 1 amide bonds. The summed E-state index contributed by atoms with van der Waals surface area (Å²) in [6.45, 7) is 5.72. The maximum absolute atomic E-state index is 11.7. The van der Waals surface area contributed by atoms with E-state index in [1.54, 1.807) is 40.0 Å².